The SMILES string of the molecule is O=c1n(CCNc2ccc(Br)cc2)nc2ccccn12. The van der Waals surface area contributed by atoms with Gasteiger partial charge in [0.2, 0.25) is 0 Å². The monoisotopic (exact) mass is 332 g/mol. The van der Waals surface area contributed by atoms with Crippen molar-refractivity contribution in [2.24, 2.45) is 0 Å². The van der Waals surface area contributed by atoms with E-state index in [1.807, 2.05) is 42.5 Å². The molecule has 2 aromatic heterocycles. The van der Waals surface area contributed by atoms with E-state index in [1.54, 1.807) is 10.6 Å². The molecule has 0 saturated carbocycles. The lowest BCUT2D eigenvalue weighted by Gasteiger charge is -2.05. The van der Waals surface area contributed by atoms with Gasteiger partial charge in [0, 0.05) is 22.9 Å². The van der Waals surface area contributed by atoms with Gasteiger partial charge in [-0.15, -0.1) is 5.10 Å². The summed E-state index contributed by atoms with van der Waals surface area (Å²) in [5.41, 5.74) is 1.57. The number of nitrogens with zero attached hydrogens (tertiary/aromatic N) is 3. The predicted molar refractivity (Wildman–Crippen MR) is 82.1 cm³/mol. The Bertz CT molecular complexity index is 776. The third kappa shape index (κ3) is 2.60. The Morgan fingerprint density at radius 3 is 2.70 bits per heavy atom. The number of halogens is 1. The van der Waals surface area contributed by atoms with Crippen LogP contribution >= 0.6 is 15.9 Å². The standard InChI is InChI=1S/C14H13BrN4O/c15-11-4-6-12(7-5-11)16-8-10-19-14(20)18-9-2-1-3-13(18)17-19/h1-7,9,16H,8,10H2. The Labute approximate surface area is 124 Å². The van der Waals surface area contributed by atoms with E-state index in [0.29, 0.717) is 18.7 Å². The summed E-state index contributed by atoms with van der Waals surface area (Å²) in [6.07, 6.45) is 1.73. The molecule has 0 unspecified atom stereocenters. The highest BCUT2D eigenvalue weighted by atomic mass is 79.9. The topological polar surface area (TPSA) is 51.3 Å². The van der Waals surface area contributed by atoms with E-state index in [-0.39, 0.29) is 5.69 Å². The van der Waals surface area contributed by atoms with Crippen molar-refractivity contribution in [3.05, 3.63) is 63.6 Å². The molecule has 0 aliphatic carbocycles. The van der Waals surface area contributed by atoms with Crippen molar-refractivity contribution in [1.29, 1.82) is 0 Å². The third-order valence-corrected chi connectivity index (χ3v) is 3.51. The van der Waals surface area contributed by atoms with E-state index in [9.17, 15) is 4.79 Å². The number of benzene rings is 1. The van der Waals surface area contributed by atoms with Gasteiger partial charge in [0.05, 0.1) is 6.54 Å². The second-order valence-electron chi connectivity index (χ2n) is 4.37. The first-order valence-electron chi connectivity index (χ1n) is 6.28. The smallest absolute Gasteiger partial charge is 0.350 e. The molecule has 6 heteroatoms. The van der Waals surface area contributed by atoms with Crippen LogP contribution in [0.5, 0.6) is 0 Å². The van der Waals surface area contributed by atoms with Gasteiger partial charge in [0.25, 0.3) is 0 Å². The highest BCUT2D eigenvalue weighted by Gasteiger charge is 2.04. The fourth-order valence-corrected chi connectivity index (χ4v) is 2.25. The van der Waals surface area contributed by atoms with Gasteiger partial charge in [-0.05, 0) is 36.4 Å². The summed E-state index contributed by atoms with van der Waals surface area (Å²) in [7, 11) is 0. The van der Waals surface area contributed by atoms with Crippen LogP contribution in [0.4, 0.5) is 5.69 Å². The van der Waals surface area contributed by atoms with Gasteiger partial charge in [0.15, 0.2) is 5.65 Å². The van der Waals surface area contributed by atoms with Gasteiger partial charge in [-0.2, -0.15) is 0 Å². The minimum atomic E-state index is -0.113. The summed E-state index contributed by atoms with van der Waals surface area (Å²) in [5, 5.41) is 7.54. The van der Waals surface area contributed by atoms with E-state index in [1.165, 1.54) is 4.68 Å². The largest absolute Gasteiger partial charge is 0.383 e. The van der Waals surface area contributed by atoms with E-state index >= 15 is 0 Å². The summed E-state index contributed by atoms with van der Waals surface area (Å²) in [4.78, 5) is 12.0. The van der Waals surface area contributed by atoms with E-state index in [2.05, 4.69) is 26.3 Å². The van der Waals surface area contributed by atoms with Crippen molar-refractivity contribution < 1.29 is 0 Å². The molecule has 0 fully saturated rings. The molecule has 0 atom stereocenters. The second kappa shape index (κ2) is 5.50. The lowest BCUT2D eigenvalue weighted by Crippen LogP contribution is -2.24. The summed E-state index contributed by atoms with van der Waals surface area (Å²) in [6.45, 7) is 1.17. The number of hydrogen-bond acceptors (Lipinski definition) is 3. The van der Waals surface area contributed by atoms with Crippen molar-refractivity contribution in [2.45, 2.75) is 6.54 Å². The first-order valence-corrected chi connectivity index (χ1v) is 7.07. The molecule has 1 aromatic carbocycles. The fourth-order valence-electron chi connectivity index (χ4n) is 1.99. The highest BCUT2D eigenvalue weighted by Crippen LogP contribution is 2.13. The van der Waals surface area contributed by atoms with Gasteiger partial charge in [0.1, 0.15) is 0 Å². The Kier molecular flexibility index (Phi) is 3.56. The van der Waals surface area contributed by atoms with Crippen molar-refractivity contribution >= 4 is 27.3 Å². The molecular formula is C14H13BrN4O. The maximum atomic E-state index is 12.0. The van der Waals surface area contributed by atoms with E-state index < -0.39 is 0 Å². The molecule has 0 spiro atoms. The summed E-state index contributed by atoms with van der Waals surface area (Å²) < 4.78 is 4.06. The number of nitrogens with one attached hydrogen (secondary N) is 1. The number of pyridine rings is 1. The van der Waals surface area contributed by atoms with Crippen molar-refractivity contribution in [1.82, 2.24) is 14.2 Å². The van der Waals surface area contributed by atoms with Crippen LogP contribution in [0, 0.1) is 0 Å². The zero-order valence-corrected chi connectivity index (χ0v) is 12.2. The molecule has 5 nitrogen and oxygen atoms in total. The number of anilines is 1. The van der Waals surface area contributed by atoms with Crippen LogP contribution in [0.25, 0.3) is 5.65 Å². The molecule has 0 amide bonds. The van der Waals surface area contributed by atoms with Gasteiger partial charge in [-0.1, -0.05) is 22.0 Å². The molecule has 3 aromatic rings. The van der Waals surface area contributed by atoms with Crippen molar-refractivity contribution in [3.8, 4) is 0 Å². The molecule has 1 N–H and O–H groups in total. The number of aromatic nitrogens is 3. The van der Waals surface area contributed by atoms with E-state index in [4.69, 9.17) is 0 Å². The molecule has 0 aliphatic heterocycles. The molecule has 102 valence electrons. The Balaban J connectivity index is 1.69. The average molecular weight is 333 g/mol. The molecule has 20 heavy (non-hydrogen) atoms. The maximum Gasteiger partial charge on any atom is 0.350 e. The second-order valence-corrected chi connectivity index (χ2v) is 5.28. The zero-order valence-electron chi connectivity index (χ0n) is 10.7. The summed E-state index contributed by atoms with van der Waals surface area (Å²) in [5.74, 6) is 0. The molecular weight excluding hydrogens is 320 g/mol. The van der Waals surface area contributed by atoms with Gasteiger partial charge >= 0.3 is 5.69 Å². The van der Waals surface area contributed by atoms with Crippen LogP contribution in [0.2, 0.25) is 0 Å². The lowest BCUT2D eigenvalue weighted by atomic mass is 10.3. The fraction of sp³-hybridized carbons (Fsp3) is 0.143. The number of rotatable bonds is 4. The predicted octanol–water partition coefficient (Wildman–Crippen LogP) is 2.37. The van der Waals surface area contributed by atoms with Crippen molar-refractivity contribution in [2.75, 3.05) is 11.9 Å². The molecule has 3 rings (SSSR count). The summed E-state index contributed by atoms with van der Waals surface area (Å²) >= 11 is 3.39. The summed E-state index contributed by atoms with van der Waals surface area (Å²) in [6, 6.07) is 13.4. The Morgan fingerprint density at radius 2 is 1.95 bits per heavy atom. The minimum Gasteiger partial charge on any atom is -0.383 e. The van der Waals surface area contributed by atoms with Crippen LogP contribution in [0.1, 0.15) is 0 Å². The van der Waals surface area contributed by atoms with Gasteiger partial charge in [-0.25, -0.2) is 9.48 Å². The molecule has 0 aliphatic rings. The maximum absolute atomic E-state index is 12.0. The quantitative estimate of drug-likeness (QED) is 0.798. The van der Waals surface area contributed by atoms with Crippen LogP contribution in [0.15, 0.2) is 57.9 Å². The van der Waals surface area contributed by atoms with Crippen LogP contribution in [0.3, 0.4) is 0 Å². The highest BCUT2D eigenvalue weighted by molar-refractivity contribution is 9.10. The Hall–Kier alpha value is -2.08. The van der Waals surface area contributed by atoms with Crippen LogP contribution in [-0.4, -0.2) is 20.7 Å². The third-order valence-electron chi connectivity index (χ3n) is 2.99. The van der Waals surface area contributed by atoms with Crippen LogP contribution in [-0.2, 0) is 6.54 Å². The van der Waals surface area contributed by atoms with Crippen molar-refractivity contribution in [3.63, 3.8) is 0 Å². The van der Waals surface area contributed by atoms with Gasteiger partial charge < -0.3 is 5.32 Å². The van der Waals surface area contributed by atoms with Crippen LogP contribution < -0.4 is 11.0 Å². The molecule has 0 saturated heterocycles. The normalized spacial score (nSPS) is 10.8. The molecule has 0 bridgehead atoms. The van der Waals surface area contributed by atoms with Gasteiger partial charge in [-0.3, -0.25) is 4.40 Å². The minimum absolute atomic E-state index is 0.113. The molecule has 2 heterocycles. The zero-order chi connectivity index (χ0) is 13.9. The molecule has 0 radical (unpaired) electrons. The first-order chi connectivity index (χ1) is 9.74. The lowest BCUT2D eigenvalue weighted by molar-refractivity contribution is 0.614. The van der Waals surface area contributed by atoms with E-state index in [0.717, 1.165) is 10.2 Å². The average Bonchev–Trinajstić information content (AvgIpc) is 2.78. The number of hydrogen-bond donors (Lipinski definition) is 1. The number of fused-ring (bicyclic) bond motifs is 1. The first kappa shape index (κ1) is 12.9. The Morgan fingerprint density at radius 1 is 1.15 bits per heavy atom.